The Morgan fingerprint density at radius 1 is 1.00 bits per heavy atom. The van der Waals surface area contributed by atoms with E-state index in [1.165, 1.54) is 6.07 Å². The number of benzene rings is 1. The van der Waals surface area contributed by atoms with Crippen molar-refractivity contribution in [3.63, 3.8) is 0 Å². The molecule has 1 aromatic rings. The van der Waals surface area contributed by atoms with Gasteiger partial charge in [0.15, 0.2) is 0 Å². The first-order valence-electron chi connectivity index (χ1n) is 8.88. The fourth-order valence-electron chi connectivity index (χ4n) is 2.90. The average molecular weight is 436 g/mol. The van der Waals surface area contributed by atoms with Crippen LogP contribution >= 0.6 is 34.8 Å². The second-order valence-electron chi connectivity index (χ2n) is 6.95. The summed E-state index contributed by atoms with van der Waals surface area (Å²) in [4.78, 5) is 28.6. The number of anilines is 1. The number of carbonyl (C=O) groups is 2. The summed E-state index contributed by atoms with van der Waals surface area (Å²) in [5.74, 6) is -0.139. The monoisotopic (exact) mass is 434 g/mol. The van der Waals surface area contributed by atoms with Gasteiger partial charge in [-0.15, -0.1) is 0 Å². The van der Waals surface area contributed by atoms with Crippen LogP contribution in [0.25, 0.3) is 0 Å². The summed E-state index contributed by atoms with van der Waals surface area (Å²) < 4.78 is 0. The van der Waals surface area contributed by atoms with Gasteiger partial charge < -0.3 is 10.6 Å². The zero-order chi connectivity index (χ0) is 20.1. The van der Waals surface area contributed by atoms with Gasteiger partial charge in [-0.05, 0) is 32.9 Å². The van der Waals surface area contributed by atoms with Crippen LogP contribution in [0.4, 0.5) is 5.69 Å². The van der Waals surface area contributed by atoms with Crippen LogP contribution in [0, 0.1) is 0 Å². The van der Waals surface area contributed by atoms with Crippen LogP contribution in [0.1, 0.15) is 20.8 Å². The van der Waals surface area contributed by atoms with E-state index < -0.39 is 0 Å². The van der Waals surface area contributed by atoms with E-state index in [4.69, 9.17) is 34.8 Å². The normalized spacial score (nSPS) is 17.0. The molecule has 6 nitrogen and oxygen atoms in total. The quantitative estimate of drug-likeness (QED) is 0.674. The molecule has 2 rings (SSSR count). The van der Waals surface area contributed by atoms with Gasteiger partial charge in [0.1, 0.15) is 0 Å². The molecule has 0 saturated carbocycles. The first-order valence-corrected chi connectivity index (χ1v) is 10.0. The lowest BCUT2D eigenvalue weighted by Crippen LogP contribution is -2.54. The fourth-order valence-corrected chi connectivity index (χ4v) is 3.49. The molecule has 0 aromatic heterocycles. The predicted octanol–water partition coefficient (Wildman–Crippen LogP) is 3.12. The van der Waals surface area contributed by atoms with Crippen molar-refractivity contribution in [1.82, 2.24) is 15.1 Å². The molecule has 0 spiro atoms. The molecule has 1 aliphatic heterocycles. The van der Waals surface area contributed by atoms with Crippen LogP contribution in [0.2, 0.25) is 15.1 Å². The van der Waals surface area contributed by atoms with Crippen LogP contribution in [0.5, 0.6) is 0 Å². The Hall–Kier alpha value is -1.05. The molecule has 2 amide bonds. The second-order valence-corrected chi connectivity index (χ2v) is 8.17. The summed E-state index contributed by atoms with van der Waals surface area (Å²) in [6, 6.07) is 2.85. The first-order chi connectivity index (χ1) is 12.7. The minimum absolute atomic E-state index is 0.0264. The average Bonchev–Trinajstić information content (AvgIpc) is 2.58. The highest BCUT2D eigenvalue weighted by atomic mass is 35.5. The van der Waals surface area contributed by atoms with Gasteiger partial charge >= 0.3 is 0 Å². The molecule has 0 bridgehead atoms. The number of amides is 2. The molecule has 0 aliphatic carbocycles. The van der Waals surface area contributed by atoms with Gasteiger partial charge in [-0.1, -0.05) is 34.8 Å². The third kappa shape index (κ3) is 6.50. The zero-order valence-corrected chi connectivity index (χ0v) is 18.0. The van der Waals surface area contributed by atoms with Gasteiger partial charge in [0.05, 0.1) is 33.3 Å². The highest BCUT2D eigenvalue weighted by Gasteiger charge is 2.26. The van der Waals surface area contributed by atoms with Gasteiger partial charge in [0.25, 0.3) is 0 Å². The van der Waals surface area contributed by atoms with Gasteiger partial charge in [0, 0.05) is 32.2 Å². The van der Waals surface area contributed by atoms with Crippen LogP contribution in [0.3, 0.4) is 0 Å². The third-order valence-electron chi connectivity index (χ3n) is 4.42. The van der Waals surface area contributed by atoms with E-state index in [0.717, 1.165) is 13.1 Å². The molecule has 1 aliphatic rings. The number of halogens is 3. The van der Waals surface area contributed by atoms with Crippen molar-refractivity contribution < 1.29 is 9.59 Å². The van der Waals surface area contributed by atoms with Gasteiger partial charge in [-0.2, -0.15) is 0 Å². The van der Waals surface area contributed by atoms with Crippen molar-refractivity contribution in [2.75, 3.05) is 38.0 Å². The van der Waals surface area contributed by atoms with E-state index >= 15 is 0 Å². The molecule has 1 saturated heterocycles. The third-order valence-corrected chi connectivity index (χ3v) is 5.45. The second kappa shape index (κ2) is 9.94. The van der Waals surface area contributed by atoms with Crippen molar-refractivity contribution in [1.29, 1.82) is 0 Å². The molecule has 9 heteroatoms. The molecule has 27 heavy (non-hydrogen) atoms. The zero-order valence-electron chi connectivity index (χ0n) is 15.7. The molecular weight excluding hydrogens is 411 g/mol. The van der Waals surface area contributed by atoms with Crippen molar-refractivity contribution >= 4 is 52.3 Å². The molecule has 150 valence electrons. The lowest BCUT2D eigenvalue weighted by molar-refractivity contribution is -0.125. The number of piperazine rings is 1. The van der Waals surface area contributed by atoms with E-state index in [2.05, 4.69) is 20.4 Å². The Morgan fingerprint density at radius 2 is 1.59 bits per heavy atom. The molecule has 1 heterocycles. The van der Waals surface area contributed by atoms with E-state index in [-0.39, 0.29) is 23.9 Å². The lowest BCUT2D eigenvalue weighted by Gasteiger charge is -2.37. The molecule has 1 fully saturated rings. The van der Waals surface area contributed by atoms with E-state index in [0.29, 0.717) is 40.4 Å². The SMILES string of the molecule is CC(C)NC(=O)CN1CCN(C(C)C(=O)Nc2cc(Cl)c(Cl)cc2Cl)CC1. The first kappa shape index (κ1) is 22.2. The molecule has 2 N–H and O–H groups in total. The summed E-state index contributed by atoms with van der Waals surface area (Å²) in [6.07, 6.45) is 0. The highest BCUT2D eigenvalue weighted by Crippen LogP contribution is 2.32. The van der Waals surface area contributed by atoms with Crippen LogP contribution in [0.15, 0.2) is 12.1 Å². The smallest absolute Gasteiger partial charge is 0.241 e. The minimum Gasteiger partial charge on any atom is -0.353 e. The van der Waals surface area contributed by atoms with Crippen molar-refractivity contribution in [2.24, 2.45) is 0 Å². The summed E-state index contributed by atoms with van der Waals surface area (Å²) in [5.41, 5.74) is 0.437. The maximum absolute atomic E-state index is 12.6. The Morgan fingerprint density at radius 3 is 2.19 bits per heavy atom. The summed E-state index contributed by atoms with van der Waals surface area (Å²) in [5, 5.41) is 6.71. The van der Waals surface area contributed by atoms with Crippen molar-refractivity contribution in [3.05, 3.63) is 27.2 Å². The summed E-state index contributed by atoms with van der Waals surface area (Å²) >= 11 is 18.0. The lowest BCUT2D eigenvalue weighted by atomic mass is 10.2. The summed E-state index contributed by atoms with van der Waals surface area (Å²) in [6.45, 7) is 8.99. The van der Waals surface area contributed by atoms with Crippen molar-refractivity contribution in [2.45, 2.75) is 32.9 Å². The van der Waals surface area contributed by atoms with Gasteiger partial charge in [-0.25, -0.2) is 0 Å². The molecule has 1 aromatic carbocycles. The van der Waals surface area contributed by atoms with Crippen LogP contribution in [-0.4, -0.2) is 66.4 Å². The van der Waals surface area contributed by atoms with E-state index in [1.807, 2.05) is 20.8 Å². The van der Waals surface area contributed by atoms with Gasteiger partial charge in [-0.3, -0.25) is 19.4 Å². The topological polar surface area (TPSA) is 64.7 Å². The van der Waals surface area contributed by atoms with Crippen LogP contribution in [-0.2, 0) is 9.59 Å². The Balaban J connectivity index is 1.86. The molecule has 1 unspecified atom stereocenters. The number of carbonyl (C=O) groups excluding carboxylic acids is 2. The number of hydrogen-bond donors (Lipinski definition) is 2. The molecule has 1 atom stereocenters. The van der Waals surface area contributed by atoms with E-state index in [9.17, 15) is 9.59 Å². The minimum atomic E-state index is -0.331. The Bertz CT molecular complexity index is 691. The standard InChI is InChI=1S/C18H25Cl3N4O2/c1-11(2)22-17(26)10-24-4-6-25(7-5-24)12(3)18(27)23-16-9-14(20)13(19)8-15(16)21/h8-9,11-12H,4-7,10H2,1-3H3,(H,22,26)(H,23,27). The number of rotatable bonds is 6. The predicted molar refractivity (Wildman–Crippen MR) is 111 cm³/mol. The molecule has 0 radical (unpaired) electrons. The number of hydrogen-bond acceptors (Lipinski definition) is 4. The largest absolute Gasteiger partial charge is 0.353 e. The number of nitrogens with zero attached hydrogens (tertiary/aromatic N) is 2. The van der Waals surface area contributed by atoms with Gasteiger partial charge in [0.2, 0.25) is 11.8 Å². The maximum Gasteiger partial charge on any atom is 0.241 e. The van der Waals surface area contributed by atoms with E-state index in [1.54, 1.807) is 6.07 Å². The maximum atomic E-state index is 12.6. The fraction of sp³-hybridized carbons (Fsp3) is 0.556. The van der Waals surface area contributed by atoms with Crippen molar-refractivity contribution in [3.8, 4) is 0 Å². The number of nitrogens with one attached hydrogen (secondary N) is 2. The Kier molecular flexibility index (Phi) is 8.19. The summed E-state index contributed by atoms with van der Waals surface area (Å²) in [7, 11) is 0. The van der Waals surface area contributed by atoms with Crippen LogP contribution < -0.4 is 10.6 Å². The highest BCUT2D eigenvalue weighted by molar-refractivity contribution is 6.44. The Labute approximate surface area is 175 Å². The molecular formula is C18H25Cl3N4O2.